The van der Waals surface area contributed by atoms with E-state index >= 15 is 0 Å². The van der Waals surface area contributed by atoms with Crippen molar-refractivity contribution in [2.75, 3.05) is 25.0 Å². The van der Waals surface area contributed by atoms with Gasteiger partial charge in [-0.3, -0.25) is 9.59 Å². The molecule has 3 heterocycles. The highest BCUT2D eigenvalue weighted by molar-refractivity contribution is 5.96. The summed E-state index contributed by atoms with van der Waals surface area (Å²) in [7, 11) is 1.79. The molecule has 13 heteroatoms. The fraction of sp³-hybridized carbons (Fsp3) is 0.478. The number of amides is 2. The number of alkyl halides is 3. The first-order valence-electron chi connectivity index (χ1n) is 11.7. The number of benzene rings is 1. The number of piperidine rings is 1. The number of rotatable bonds is 8. The second kappa shape index (κ2) is 10.5. The summed E-state index contributed by atoms with van der Waals surface area (Å²) in [5.41, 5.74) is 6.11. The number of halogens is 3. The molecule has 0 aliphatic carbocycles. The molecule has 0 radical (unpaired) electrons. The number of unbranched alkanes of at least 4 members (excludes halogenated alkanes) is 1. The van der Waals surface area contributed by atoms with Gasteiger partial charge in [0.25, 0.3) is 0 Å². The van der Waals surface area contributed by atoms with Crippen LogP contribution in [-0.2, 0) is 17.5 Å². The van der Waals surface area contributed by atoms with Crippen LogP contribution in [0.1, 0.15) is 48.2 Å². The smallest absolute Gasteiger partial charge is 0.366 e. The Morgan fingerprint density at radius 1 is 1.14 bits per heavy atom. The first-order valence-corrected chi connectivity index (χ1v) is 11.7. The van der Waals surface area contributed by atoms with Crippen LogP contribution < -0.4 is 10.6 Å². The van der Waals surface area contributed by atoms with Crippen molar-refractivity contribution in [2.24, 2.45) is 5.73 Å². The Balaban J connectivity index is 1.22. The third kappa shape index (κ3) is 5.71. The normalized spacial score (nSPS) is 14.8. The summed E-state index contributed by atoms with van der Waals surface area (Å²) in [5.74, 6) is -0.0716. The molecule has 1 aliphatic rings. The second-order valence-corrected chi connectivity index (χ2v) is 8.82. The van der Waals surface area contributed by atoms with Gasteiger partial charge in [0.05, 0.1) is 17.9 Å². The summed E-state index contributed by atoms with van der Waals surface area (Å²) in [6.45, 7) is 1.71. The van der Waals surface area contributed by atoms with E-state index in [0.29, 0.717) is 68.6 Å². The lowest BCUT2D eigenvalue weighted by molar-refractivity contribution is -0.141. The van der Waals surface area contributed by atoms with Crippen molar-refractivity contribution in [3.63, 3.8) is 0 Å². The number of hydrogen-bond donors (Lipinski definition) is 1. The Morgan fingerprint density at radius 2 is 1.89 bits per heavy atom. The fourth-order valence-corrected chi connectivity index (χ4v) is 4.31. The van der Waals surface area contributed by atoms with Gasteiger partial charge in [0, 0.05) is 44.7 Å². The van der Waals surface area contributed by atoms with E-state index in [-0.39, 0.29) is 11.9 Å². The van der Waals surface area contributed by atoms with E-state index in [9.17, 15) is 22.8 Å². The highest BCUT2D eigenvalue weighted by Gasteiger charge is 2.33. The predicted molar refractivity (Wildman–Crippen MR) is 125 cm³/mol. The zero-order valence-electron chi connectivity index (χ0n) is 19.8. The molecular weight excluding hydrogens is 477 g/mol. The van der Waals surface area contributed by atoms with Gasteiger partial charge >= 0.3 is 6.18 Å². The summed E-state index contributed by atoms with van der Waals surface area (Å²) >= 11 is 0. The van der Waals surface area contributed by atoms with Crippen LogP contribution in [0.25, 0.3) is 11.0 Å². The lowest BCUT2D eigenvalue weighted by Gasteiger charge is -2.37. The van der Waals surface area contributed by atoms with E-state index in [1.807, 2.05) is 4.90 Å². The molecule has 0 bridgehead atoms. The van der Waals surface area contributed by atoms with E-state index in [1.54, 1.807) is 34.8 Å². The lowest BCUT2D eigenvalue weighted by atomic mass is 10.0. The molecule has 0 saturated carbocycles. The Morgan fingerprint density at radius 3 is 2.53 bits per heavy atom. The molecule has 192 valence electrons. The summed E-state index contributed by atoms with van der Waals surface area (Å²) in [6.07, 6.45) is 0.528. The van der Waals surface area contributed by atoms with E-state index in [0.717, 1.165) is 17.9 Å². The van der Waals surface area contributed by atoms with Crippen molar-refractivity contribution < 1.29 is 22.8 Å². The molecule has 4 rings (SSSR count). The third-order valence-corrected chi connectivity index (χ3v) is 6.47. The number of fused-ring (bicyclic) bond motifs is 1. The topological polar surface area (TPSA) is 123 Å². The quantitative estimate of drug-likeness (QED) is 0.468. The van der Waals surface area contributed by atoms with Crippen LogP contribution in [0.3, 0.4) is 0 Å². The average Bonchev–Trinajstić information content (AvgIpc) is 3.28. The van der Waals surface area contributed by atoms with Crippen molar-refractivity contribution in [1.82, 2.24) is 29.9 Å². The number of nitrogens with two attached hydrogens (primary N) is 1. The number of nitrogens with zero attached hydrogens (tertiary/aromatic N) is 7. The van der Waals surface area contributed by atoms with Crippen molar-refractivity contribution in [1.29, 1.82) is 0 Å². The number of aryl methyl sites for hydroxylation is 1. The molecule has 2 N–H and O–H groups in total. The van der Waals surface area contributed by atoms with Gasteiger partial charge in [-0.25, -0.2) is 14.6 Å². The van der Waals surface area contributed by atoms with Crippen LogP contribution in [0.15, 0.2) is 30.6 Å². The Labute approximate surface area is 205 Å². The van der Waals surface area contributed by atoms with Crippen molar-refractivity contribution >= 4 is 28.7 Å². The van der Waals surface area contributed by atoms with Gasteiger partial charge in [-0.15, -0.1) is 5.10 Å². The number of carbonyl (C=O) groups is 2. The molecule has 0 unspecified atom stereocenters. The molecule has 1 aliphatic heterocycles. The van der Waals surface area contributed by atoms with Crippen LogP contribution in [-0.4, -0.2) is 67.9 Å². The van der Waals surface area contributed by atoms with Crippen molar-refractivity contribution in [2.45, 2.75) is 50.9 Å². The van der Waals surface area contributed by atoms with E-state index in [1.165, 1.54) is 0 Å². The van der Waals surface area contributed by atoms with Crippen molar-refractivity contribution in [3.05, 3.63) is 41.9 Å². The zero-order valence-corrected chi connectivity index (χ0v) is 19.8. The van der Waals surface area contributed by atoms with Crippen LogP contribution >= 0.6 is 0 Å². The molecule has 3 aromatic rings. The molecule has 1 aromatic carbocycles. The zero-order chi connectivity index (χ0) is 25.9. The summed E-state index contributed by atoms with van der Waals surface area (Å²) in [4.78, 5) is 35.2. The van der Waals surface area contributed by atoms with Gasteiger partial charge in [-0.2, -0.15) is 13.2 Å². The summed E-state index contributed by atoms with van der Waals surface area (Å²) in [6, 6.07) is 5.04. The largest absolute Gasteiger partial charge is 0.434 e. The van der Waals surface area contributed by atoms with Gasteiger partial charge in [0.1, 0.15) is 11.3 Å². The van der Waals surface area contributed by atoms with Crippen molar-refractivity contribution in [3.8, 4) is 0 Å². The molecule has 10 nitrogen and oxygen atoms in total. The molecule has 0 atom stereocenters. The van der Waals surface area contributed by atoms with Gasteiger partial charge in [0.15, 0.2) is 5.69 Å². The molecule has 1 fully saturated rings. The van der Waals surface area contributed by atoms with E-state index in [4.69, 9.17) is 5.73 Å². The molecule has 0 spiro atoms. The number of primary amides is 1. The Bertz CT molecular complexity index is 1220. The Kier molecular flexibility index (Phi) is 7.36. The summed E-state index contributed by atoms with van der Waals surface area (Å²) < 4.78 is 39.8. The monoisotopic (exact) mass is 504 g/mol. The minimum Gasteiger partial charge on any atom is -0.366 e. The highest BCUT2D eigenvalue weighted by atomic mass is 19.4. The maximum Gasteiger partial charge on any atom is 0.434 e. The average molecular weight is 505 g/mol. The van der Waals surface area contributed by atoms with Gasteiger partial charge < -0.3 is 15.5 Å². The number of anilines is 1. The van der Waals surface area contributed by atoms with Crippen LogP contribution in [0, 0.1) is 0 Å². The number of carbonyl (C=O) groups excluding carboxylic acids is 2. The predicted octanol–water partition coefficient (Wildman–Crippen LogP) is 2.64. The first-order chi connectivity index (χ1) is 17.1. The third-order valence-electron chi connectivity index (χ3n) is 6.47. The minimum absolute atomic E-state index is 0.0437. The number of hydrogen-bond acceptors (Lipinski definition) is 7. The highest BCUT2D eigenvalue weighted by Crippen LogP contribution is 2.28. The standard InChI is InChI=1S/C23H27F3N8O2/c1-32(16-7-10-33(11-8-16)20-14-28-19(13-29-20)23(24,25)26)21(35)4-2-3-9-34-18-12-15(22(27)36)5-6-17(18)30-31-34/h5-6,12-14,16H,2-4,7-11H2,1H3,(H2,27,36). The van der Waals surface area contributed by atoms with Gasteiger partial charge in [0.2, 0.25) is 11.8 Å². The molecule has 2 amide bonds. The van der Waals surface area contributed by atoms with E-state index in [2.05, 4.69) is 20.3 Å². The van der Waals surface area contributed by atoms with E-state index < -0.39 is 17.8 Å². The number of aromatic nitrogens is 5. The maximum absolute atomic E-state index is 12.7. The first kappa shape index (κ1) is 25.3. The SMILES string of the molecule is CN(C(=O)CCCCn1nnc2ccc(C(N)=O)cc21)C1CCN(c2cnc(C(F)(F)F)cn2)CC1. The van der Waals surface area contributed by atoms with Crippen LogP contribution in [0.5, 0.6) is 0 Å². The molecule has 2 aromatic heterocycles. The maximum atomic E-state index is 12.7. The molecular formula is C23H27F3N8O2. The van der Waals surface area contributed by atoms with Crippen LogP contribution in [0.4, 0.5) is 19.0 Å². The van der Waals surface area contributed by atoms with Gasteiger partial charge in [-0.05, 0) is 43.9 Å². The lowest BCUT2D eigenvalue weighted by Crippen LogP contribution is -2.45. The van der Waals surface area contributed by atoms with Gasteiger partial charge in [-0.1, -0.05) is 5.21 Å². The summed E-state index contributed by atoms with van der Waals surface area (Å²) in [5, 5.41) is 8.21. The Hall–Kier alpha value is -3.77. The minimum atomic E-state index is -4.51. The molecule has 1 saturated heterocycles. The molecule has 36 heavy (non-hydrogen) atoms. The van der Waals surface area contributed by atoms with Crippen LogP contribution in [0.2, 0.25) is 0 Å². The fourth-order valence-electron chi connectivity index (χ4n) is 4.31. The second-order valence-electron chi connectivity index (χ2n) is 8.82.